The number of thiophene rings is 1. The Labute approximate surface area is 186 Å². The number of carboxylic acid groups (broad SMARTS) is 1. The van der Waals surface area contributed by atoms with Gasteiger partial charge >= 0.3 is 5.97 Å². The van der Waals surface area contributed by atoms with Gasteiger partial charge in [0.1, 0.15) is 12.3 Å². The van der Waals surface area contributed by atoms with Crippen LogP contribution >= 0.6 is 35.3 Å². The zero-order chi connectivity index (χ0) is 20.1. The van der Waals surface area contributed by atoms with Crippen LogP contribution in [0.3, 0.4) is 0 Å². The molecule has 0 saturated heterocycles. The lowest BCUT2D eigenvalue weighted by molar-refractivity contribution is -0.133. The van der Waals surface area contributed by atoms with Gasteiger partial charge in [-0.2, -0.15) is 0 Å². The van der Waals surface area contributed by atoms with E-state index >= 15 is 0 Å². The van der Waals surface area contributed by atoms with Crippen LogP contribution in [0.5, 0.6) is 0 Å². The Balaban J connectivity index is 0.00000300. The maximum absolute atomic E-state index is 11.1. The second kappa shape index (κ2) is 10.8. The highest BCUT2D eigenvalue weighted by atomic mass is 35.5. The van der Waals surface area contributed by atoms with Gasteiger partial charge in [-0.25, -0.2) is 4.79 Å². The third-order valence-corrected chi connectivity index (χ3v) is 5.94. The van der Waals surface area contributed by atoms with Gasteiger partial charge in [0, 0.05) is 35.8 Å². The Morgan fingerprint density at radius 3 is 2.76 bits per heavy atom. The van der Waals surface area contributed by atoms with Crippen LogP contribution in [0.15, 0.2) is 46.5 Å². The lowest BCUT2D eigenvalue weighted by Crippen LogP contribution is -2.34. The van der Waals surface area contributed by atoms with E-state index in [-0.39, 0.29) is 12.4 Å². The number of aryl methyl sites for hydroxylation is 2. The summed E-state index contributed by atoms with van der Waals surface area (Å²) in [4.78, 5) is 19.9. The molecule has 0 bridgehead atoms. The molecule has 29 heavy (non-hydrogen) atoms. The molecule has 0 fully saturated rings. The number of benzene rings is 1. The second-order valence-electron chi connectivity index (χ2n) is 6.76. The number of carboxylic acids is 1. The Morgan fingerprint density at radius 2 is 2.10 bits per heavy atom. The first kappa shape index (κ1) is 23.4. The molecule has 0 amide bonds. The predicted octanol–water partition coefficient (Wildman–Crippen LogP) is 4.93. The van der Waals surface area contributed by atoms with Crippen molar-refractivity contribution in [3.8, 4) is 0 Å². The summed E-state index contributed by atoms with van der Waals surface area (Å²) in [5, 5.41) is 16.3. The van der Waals surface area contributed by atoms with E-state index < -0.39 is 5.97 Å². The number of aliphatic carboxylic acids is 1. The van der Waals surface area contributed by atoms with Gasteiger partial charge in [0.05, 0.1) is 4.88 Å². The molecular formula is C21H24Cl2N2O3S. The summed E-state index contributed by atoms with van der Waals surface area (Å²) in [6.07, 6.45) is 2.54. The fourth-order valence-electron chi connectivity index (χ4n) is 3.15. The summed E-state index contributed by atoms with van der Waals surface area (Å²) in [5.74, 6) is -0.850. The smallest absolute Gasteiger partial charge is 0.332 e. The van der Waals surface area contributed by atoms with Crippen molar-refractivity contribution in [2.75, 3.05) is 26.2 Å². The quantitative estimate of drug-likeness (QED) is 0.366. The predicted molar refractivity (Wildman–Crippen MR) is 121 cm³/mol. The fourth-order valence-corrected chi connectivity index (χ4v) is 4.30. The molecular weight excluding hydrogens is 431 g/mol. The van der Waals surface area contributed by atoms with E-state index in [1.54, 1.807) is 17.4 Å². The van der Waals surface area contributed by atoms with Gasteiger partial charge < -0.3 is 9.94 Å². The molecule has 0 aliphatic carbocycles. The van der Waals surface area contributed by atoms with E-state index in [9.17, 15) is 4.79 Å². The molecule has 0 atom stereocenters. The highest BCUT2D eigenvalue weighted by Gasteiger charge is 2.18. The number of halogens is 2. The molecule has 0 radical (unpaired) electrons. The Hall–Kier alpha value is -1.86. The zero-order valence-corrected chi connectivity index (χ0v) is 18.7. The summed E-state index contributed by atoms with van der Waals surface area (Å²) in [5.41, 5.74) is 4.42. The maximum atomic E-state index is 11.1. The molecule has 1 N–H and O–H groups in total. The highest BCUT2D eigenvalue weighted by Crippen LogP contribution is 2.24. The fraction of sp³-hybridized carbons (Fsp3) is 0.333. The van der Waals surface area contributed by atoms with Gasteiger partial charge in [-0.15, -0.1) is 23.7 Å². The SMILES string of the molecule is Cc1cc(Cl)ccc1C(=NOCCN1CCC=C(C(=O)O)C1)c1sccc1C.Cl. The normalized spacial score (nSPS) is 14.9. The number of rotatable bonds is 7. The lowest BCUT2D eigenvalue weighted by atomic mass is 10.0. The van der Waals surface area contributed by atoms with Gasteiger partial charge in [0.15, 0.2) is 0 Å². The van der Waals surface area contributed by atoms with Crippen molar-refractivity contribution in [1.29, 1.82) is 0 Å². The highest BCUT2D eigenvalue weighted by molar-refractivity contribution is 7.12. The van der Waals surface area contributed by atoms with Gasteiger partial charge in [-0.3, -0.25) is 4.90 Å². The van der Waals surface area contributed by atoms with E-state index in [2.05, 4.69) is 23.0 Å². The van der Waals surface area contributed by atoms with Gasteiger partial charge in [-0.1, -0.05) is 28.9 Å². The largest absolute Gasteiger partial charge is 0.478 e. The van der Waals surface area contributed by atoms with Crippen molar-refractivity contribution >= 4 is 47.0 Å². The molecule has 1 aliphatic rings. The van der Waals surface area contributed by atoms with Crippen LogP contribution in [0.2, 0.25) is 5.02 Å². The molecule has 0 spiro atoms. The van der Waals surface area contributed by atoms with Crippen molar-refractivity contribution in [1.82, 2.24) is 4.90 Å². The molecule has 156 valence electrons. The molecule has 1 aromatic heterocycles. The monoisotopic (exact) mass is 454 g/mol. The minimum atomic E-state index is -0.850. The molecule has 0 unspecified atom stereocenters. The van der Waals surface area contributed by atoms with E-state index in [1.165, 1.54) is 0 Å². The standard InChI is InChI=1S/C21H23ClN2O3S.ClH/c1-14-7-11-28-20(14)19(18-6-5-17(22)12-15(18)2)23-27-10-9-24-8-3-4-16(13-24)21(25)26;/h4-7,11-12H,3,8-10,13H2,1-2H3,(H,25,26);1H. The first-order chi connectivity index (χ1) is 13.5. The van der Waals surface area contributed by atoms with Crippen LogP contribution < -0.4 is 0 Å². The molecule has 2 heterocycles. The average molecular weight is 455 g/mol. The second-order valence-corrected chi connectivity index (χ2v) is 8.12. The van der Waals surface area contributed by atoms with Crippen LogP contribution in [-0.2, 0) is 9.63 Å². The first-order valence-electron chi connectivity index (χ1n) is 9.11. The van der Waals surface area contributed by atoms with Crippen LogP contribution in [0.4, 0.5) is 0 Å². The molecule has 3 rings (SSSR count). The Bertz CT molecular complexity index is 924. The average Bonchev–Trinajstić information content (AvgIpc) is 3.08. The third-order valence-electron chi connectivity index (χ3n) is 4.68. The topological polar surface area (TPSA) is 62.1 Å². The zero-order valence-electron chi connectivity index (χ0n) is 16.4. The van der Waals surface area contributed by atoms with Crippen LogP contribution in [0.1, 0.15) is 28.0 Å². The molecule has 0 saturated carbocycles. The van der Waals surface area contributed by atoms with Crippen LogP contribution in [0.25, 0.3) is 0 Å². The Morgan fingerprint density at radius 1 is 1.31 bits per heavy atom. The first-order valence-corrected chi connectivity index (χ1v) is 10.4. The summed E-state index contributed by atoms with van der Waals surface area (Å²) < 4.78 is 0. The summed E-state index contributed by atoms with van der Waals surface area (Å²) >= 11 is 7.73. The molecule has 1 aromatic carbocycles. The van der Waals surface area contributed by atoms with Crippen molar-refractivity contribution in [2.24, 2.45) is 5.16 Å². The molecule has 5 nitrogen and oxygen atoms in total. The van der Waals surface area contributed by atoms with E-state index in [0.29, 0.717) is 30.3 Å². The number of nitrogens with zero attached hydrogens (tertiary/aromatic N) is 2. The number of hydrogen-bond donors (Lipinski definition) is 1. The van der Waals surface area contributed by atoms with E-state index in [0.717, 1.165) is 40.2 Å². The third kappa shape index (κ3) is 6.06. The number of oxime groups is 1. The Kier molecular flexibility index (Phi) is 8.71. The summed E-state index contributed by atoms with van der Waals surface area (Å²) in [6, 6.07) is 7.81. The van der Waals surface area contributed by atoms with Crippen molar-refractivity contribution in [3.05, 3.63) is 67.9 Å². The lowest BCUT2D eigenvalue weighted by Gasteiger charge is -2.24. The number of carbonyl (C=O) groups is 1. The van der Waals surface area contributed by atoms with Crippen molar-refractivity contribution < 1.29 is 14.7 Å². The van der Waals surface area contributed by atoms with Crippen molar-refractivity contribution in [3.63, 3.8) is 0 Å². The maximum Gasteiger partial charge on any atom is 0.332 e. The minimum Gasteiger partial charge on any atom is -0.478 e. The van der Waals surface area contributed by atoms with Gasteiger partial charge in [0.25, 0.3) is 0 Å². The van der Waals surface area contributed by atoms with E-state index in [1.807, 2.05) is 30.5 Å². The summed E-state index contributed by atoms with van der Waals surface area (Å²) in [6.45, 7) is 6.36. The van der Waals surface area contributed by atoms with Crippen LogP contribution in [-0.4, -0.2) is 47.9 Å². The summed E-state index contributed by atoms with van der Waals surface area (Å²) in [7, 11) is 0. The number of hydrogen-bond acceptors (Lipinski definition) is 5. The van der Waals surface area contributed by atoms with Gasteiger partial charge in [-0.05, 0) is 55.0 Å². The van der Waals surface area contributed by atoms with Crippen LogP contribution in [0, 0.1) is 13.8 Å². The molecule has 1 aliphatic heterocycles. The molecule has 2 aromatic rings. The van der Waals surface area contributed by atoms with E-state index in [4.69, 9.17) is 21.5 Å². The van der Waals surface area contributed by atoms with Gasteiger partial charge in [0.2, 0.25) is 0 Å². The minimum absolute atomic E-state index is 0. The molecule has 8 heteroatoms. The van der Waals surface area contributed by atoms with Crippen molar-refractivity contribution in [2.45, 2.75) is 20.3 Å².